The van der Waals surface area contributed by atoms with E-state index in [2.05, 4.69) is 0 Å². The second-order valence-electron chi connectivity index (χ2n) is 5.00. The molecule has 23 heavy (non-hydrogen) atoms. The molecule has 0 saturated heterocycles. The minimum atomic E-state index is -0.654. The van der Waals surface area contributed by atoms with Gasteiger partial charge in [0.15, 0.2) is 0 Å². The van der Waals surface area contributed by atoms with Crippen molar-refractivity contribution in [2.75, 3.05) is 7.11 Å². The Bertz CT molecular complexity index is 831. The van der Waals surface area contributed by atoms with E-state index in [0.29, 0.717) is 11.3 Å². The Balaban J connectivity index is 1.97. The first-order chi connectivity index (χ1) is 11.0. The van der Waals surface area contributed by atoms with E-state index in [-0.39, 0.29) is 23.4 Å². The number of hydrogen-bond donors (Lipinski definition) is 0. The van der Waals surface area contributed by atoms with E-state index in [1.165, 1.54) is 25.3 Å². The molecule has 0 N–H and O–H groups in total. The molecule has 2 aromatic rings. The lowest BCUT2D eigenvalue weighted by Crippen LogP contribution is -2.29. The van der Waals surface area contributed by atoms with Gasteiger partial charge in [-0.1, -0.05) is 18.2 Å². The fourth-order valence-electron chi connectivity index (χ4n) is 2.56. The summed E-state index contributed by atoms with van der Waals surface area (Å²) in [6, 6.07) is 11.0. The van der Waals surface area contributed by atoms with Gasteiger partial charge in [-0.15, -0.1) is 0 Å². The van der Waals surface area contributed by atoms with E-state index >= 15 is 0 Å². The van der Waals surface area contributed by atoms with Crippen molar-refractivity contribution in [2.24, 2.45) is 0 Å². The fourth-order valence-corrected chi connectivity index (χ4v) is 2.56. The van der Waals surface area contributed by atoms with Crippen LogP contribution in [0.3, 0.4) is 0 Å². The number of ether oxygens (including phenoxy) is 1. The molecule has 0 saturated carbocycles. The van der Waals surface area contributed by atoms with Gasteiger partial charge >= 0.3 is 0 Å². The zero-order valence-corrected chi connectivity index (χ0v) is 12.2. The summed E-state index contributed by atoms with van der Waals surface area (Å²) in [5.41, 5.74) is 0.257. The van der Waals surface area contributed by atoms with Crippen LogP contribution < -0.4 is 4.74 Å². The molecule has 1 aliphatic heterocycles. The quantitative estimate of drug-likeness (QED) is 0.491. The molecule has 1 aliphatic rings. The number of nitrogens with zero attached hydrogens (tertiary/aromatic N) is 2. The van der Waals surface area contributed by atoms with Crippen LogP contribution in [0, 0.1) is 10.1 Å². The SMILES string of the molecule is COc1cccc(CN2C(=O)c3cccc([N+](=O)[O-])c3C2=O)c1. The van der Waals surface area contributed by atoms with Gasteiger partial charge in [-0.3, -0.25) is 24.6 Å². The van der Waals surface area contributed by atoms with Crippen molar-refractivity contribution in [2.45, 2.75) is 6.54 Å². The first-order valence-corrected chi connectivity index (χ1v) is 6.79. The molecule has 7 nitrogen and oxygen atoms in total. The lowest BCUT2D eigenvalue weighted by Gasteiger charge is -2.14. The predicted molar refractivity (Wildman–Crippen MR) is 80.3 cm³/mol. The second kappa shape index (κ2) is 5.53. The van der Waals surface area contributed by atoms with Crippen molar-refractivity contribution in [1.29, 1.82) is 0 Å². The monoisotopic (exact) mass is 312 g/mol. The normalized spacial score (nSPS) is 13.2. The Morgan fingerprint density at radius 3 is 2.57 bits per heavy atom. The van der Waals surface area contributed by atoms with Crippen LogP contribution in [0.1, 0.15) is 26.3 Å². The molecule has 0 atom stereocenters. The summed E-state index contributed by atoms with van der Waals surface area (Å²) in [5, 5.41) is 11.1. The van der Waals surface area contributed by atoms with Crippen LogP contribution in [-0.2, 0) is 6.54 Å². The average Bonchev–Trinajstić information content (AvgIpc) is 2.80. The summed E-state index contributed by atoms with van der Waals surface area (Å²) in [5.74, 6) is -0.582. The first kappa shape index (κ1) is 14.7. The maximum Gasteiger partial charge on any atom is 0.282 e. The van der Waals surface area contributed by atoms with Gasteiger partial charge in [0.25, 0.3) is 17.5 Å². The molecule has 0 aromatic heterocycles. The number of imide groups is 1. The van der Waals surface area contributed by atoms with Crippen LogP contribution in [0.5, 0.6) is 5.75 Å². The third kappa shape index (κ3) is 2.42. The van der Waals surface area contributed by atoms with Crippen molar-refractivity contribution < 1.29 is 19.2 Å². The molecule has 0 radical (unpaired) electrons. The number of fused-ring (bicyclic) bond motifs is 1. The van der Waals surface area contributed by atoms with E-state index in [4.69, 9.17) is 4.74 Å². The number of nitro benzene ring substituents is 1. The van der Waals surface area contributed by atoms with Gasteiger partial charge in [-0.05, 0) is 23.8 Å². The van der Waals surface area contributed by atoms with E-state index in [1.807, 2.05) is 0 Å². The summed E-state index contributed by atoms with van der Waals surface area (Å²) in [4.78, 5) is 36.3. The highest BCUT2D eigenvalue weighted by Crippen LogP contribution is 2.31. The Kier molecular flexibility index (Phi) is 3.53. The number of nitro groups is 1. The van der Waals surface area contributed by atoms with Crippen molar-refractivity contribution in [3.05, 3.63) is 69.3 Å². The molecule has 0 spiro atoms. The largest absolute Gasteiger partial charge is 0.497 e. The van der Waals surface area contributed by atoms with E-state index in [1.54, 1.807) is 24.3 Å². The highest BCUT2D eigenvalue weighted by Gasteiger charge is 2.40. The maximum absolute atomic E-state index is 12.5. The minimum Gasteiger partial charge on any atom is -0.497 e. The van der Waals surface area contributed by atoms with Crippen LogP contribution >= 0.6 is 0 Å². The molecule has 2 amide bonds. The molecule has 1 heterocycles. The molecular weight excluding hydrogens is 300 g/mol. The van der Waals surface area contributed by atoms with E-state index in [0.717, 1.165) is 4.90 Å². The predicted octanol–water partition coefficient (Wildman–Crippen LogP) is 2.40. The number of hydrogen-bond acceptors (Lipinski definition) is 5. The van der Waals surface area contributed by atoms with Crippen LogP contribution in [0.25, 0.3) is 0 Å². The number of benzene rings is 2. The van der Waals surface area contributed by atoms with Gasteiger partial charge in [-0.2, -0.15) is 0 Å². The Morgan fingerprint density at radius 2 is 1.87 bits per heavy atom. The molecule has 3 rings (SSSR count). The van der Waals surface area contributed by atoms with Crippen molar-refractivity contribution in [1.82, 2.24) is 4.90 Å². The zero-order chi connectivity index (χ0) is 16.6. The standard InChI is InChI=1S/C16H12N2O5/c1-23-11-5-2-4-10(8-11)9-17-15(19)12-6-3-7-13(18(21)22)14(12)16(17)20/h2-8H,9H2,1H3. The number of carbonyl (C=O) groups excluding carboxylic acids is 2. The van der Waals surface area contributed by atoms with E-state index < -0.39 is 16.7 Å². The third-order valence-electron chi connectivity index (χ3n) is 3.65. The van der Waals surface area contributed by atoms with Crippen molar-refractivity contribution >= 4 is 17.5 Å². The first-order valence-electron chi connectivity index (χ1n) is 6.79. The van der Waals surface area contributed by atoms with Gasteiger partial charge in [0, 0.05) is 6.07 Å². The highest BCUT2D eigenvalue weighted by molar-refractivity contribution is 6.23. The van der Waals surface area contributed by atoms with Crippen molar-refractivity contribution in [3.8, 4) is 5.75 Å². The maximum atomic E-state index is 12.5. The Hall–Kier alpha value is -3.22. The average molecular weight is 312 g/mol. The Morgan fingerprint density at radius 1 is 1.13 bits per heavy atom. The minimum absolute atomic E-state index is 0.0285. The van der Waals surface area contributed by atoms with Gasteiger partial charge in [0.1, 0.15) is 11.3 Å². The number of amides is 2. The third-order valence-corrected chi connectivity index (χ3v) is 3.65. The van der Waals surface area contributed by atoms with Gasteiger partial charge in [0.05, 0.1) is 24.1 Å². The lowest BCUT2D eigenvalue weighted by atomic mass is 10.1. The number of carbonyl (C=O) groups is 2. The fraction of sp³-hybridized carbons (Fsp3) is 0.125. The molecule has 0 bridgehead atoms. The van der Waals surface area contributed by atoms with Gasteiger partial charge in [-0.25, -0.2) is 0 Å². The molecule has 7 heteroatoms. The van der Waals surface area contributed by atoms with E-state index in [9.17, 15) is 19.7 Å². The summed E-state index contributed by atoms with van der Waals surface area (Å²) in [7, 11) is 1.52. The lowest BCUT2D eigenvalue weighted by molar-refractivity contribution is -0.385. The van der Waals surface area contributed by atoms with Crippen LogP contribution in [0.15, 0.2) is 42.5 Å². The molecule has 0 unspecified atom stereocenters. The summed E-state index contributed by atoms with van der Waals surface area (Å²) in [6.07, 6.45) is 0. The highest BCUT2D eigenvalue weighted by atomic mass is 16.6. The molecular formula is C16H12N2O5. The van der Waals surface area contributed by atoms with Crippen LogP contribution in [0.4, 0.5) is 5.69 Å². The molecule has 0 fully saturated rings. The smallest absolute Gasteiger partial charge is 0.282 e. The van der Waals surface area contributed by atoms with Crippen molar-refractivity contribution in [3.63, 3.8) is 0 Å². The molecule has 116 valence electrons. The van der Waals surface area contributed by atoms with Crippen LogP contribution in [0.2, 0.25) is 0 Å². The number of rotatable bonds is 4. The summed E-state index contributed by atoms with van der Waals surface area (Å²) < 4.78 is 5.11. The molecule has 0 aliphatic carbocycles. The summed E-state index contributed by atoms with van der Waals surface area (Å²) in [6.45, 7) is 0.0285. The molecule has 2 aromatic carbocycles. The van der Waals surface area contributed by atoms with Gasteiger partial charge in [0.2, 0.25) is 0 Å². The summed E-state index contributed by atoms with van der Waals surface area (Å²) >= 11 is 0. The van der Waals surface area contributed by atoms with Crippen LogP contribution in [-0.4, -0.2) is 28.7 Å². The Labute approximate surface area is 131 Å². The second-order valence-corrected chi connectivity index (χ2v) is 5.00. The number of methoxy groups -OCH3 is 1. The zero-order valence-electron chi connectivity index (χ0n) is 12.2. The topological polar surface area (TPSA) is 89.8 Å². The van der Waals surface area contributed by atoms with Gasteiger partial charge < -0.3 is 4.74 Å².